The third kappa shape index (κ3) is 2.70. The molecule has 98 valence electrons. The summed E-state index contributed by atoms with van der Waals surface area (Å²) in [6, 6.07) is 2.08. The van der Waals surface area contributed by atoms with Gasteiger partial charge in [-0.1, -0.05) is 6.92 Å². The van der Waals surface area contributed by atoms with Crippen LogP contribution in [0.2, 0.25) is 0 Å². The van der Waals surface area contributed by atoms with Gasteiger partial charge < -0.3 is 4.74 Å². The molecule has 18 heavy (non-hydrogen) atoms. The Labute approximate surface area is 110 Å². The number of anilines is 1. The van der Waals surface area contributed by atoms with E-state index in [1.807, 2.05) is 20.8 Å². The zero-order valence-corrected chi connectivity index (χ0v) is 11.9. The minimum Gasteiger partial charge on any atom is -0.471 e. The van der Waals surface area contributed by atoms with E-state index in [0.29, 0.717) is 11.8 Å². The topological polar surface area (TPSA) is 73.1 Å². The van der Waals surface area contributed by atoms with Crippen molar-refractivity contribution in [3.63, 3.8) is 0 Å². The third-order valence-corrected chi connectivity index (χ3v) is 3.46. The monoisotopic (exact) mass is 266 g/mol. The fraction of sp³-hybridized carbons (Fsp3) is 0.500. The van der Waals surface area contributed by atoms with Gasteiger partial charge in [0, 0.05) is 4.88 Å². The van der Waals surface area contributed by atoms with E-state index in [1.165, 1.54) is 4.88 Å². The average molecular weight is 266 g/mol. The fourth-order valence-electron chi connectivity index (χ4n) is 1.55. The molecule has 0 unspecified atom stereocenters. The Morgan fingerprint density at radius 3 is 2.67 bits per heavy atom. The lowest BCUT2D eigenvalue weighted by Crippen LogP contribution is -2.24. The highest BCUT2D eigenvalue weighted by Crippen LogP contribution is 2.33. The molecular weight excluding hydrogens is 248 g/mol. The van der Waals surface area contributed by atoms with Gasteiger partial charge in [-0.15, -0.1) is 11.3 Å². The maximum absolute atomic E-state index is 5.88. The first-order chi connectivity index (χ1) is 8.43. The number of fused-ring (bicyclic) bond motifs is 1. The Morgan fingerprint density at radius 2 is 2.11 bits per heavy atom. The Kier molecular flexibility index (Phi) is 3.41. The summed E-state index contributed by atoms with van der Waals surface area (Å²) in [6.07, 6.45) is 0.974. The van der Waals surface area contributed by atoms with Crippen LogP contribution in [0.15, 0.2) is 6.07 Å². The van der Waals surface area contributed by atoms with Gasteiger partial charge in [0.2, 0.25) is 11.8 Å². The maximum Gasteiger partial charge on any atom is 0.241 e. The Bertz CT molecular complexity index is 559. The molecule has 3 N–H and O–H groups in total. The van der Waals surface area contributed by atoms with Crippen LogP contribution in [0.4, 0.5) is 5.95 Å². The van der Waals surface area contributed by atoms with Gasteiger partial charge in [0.15, 0.2) is 0 Å². The molecule has 0 amide bonds. The molecule has 2 heterocycles. The molecule has 2 aromatic rings. The Morgan fingerprint density at radius 1 is 1.39 bits per heavy atom. The van der Waals surface area contributed by atoms with Gasteiger partial charge >= 0.3 is 0 Å². The van der Waals surface area contributed by atoms with E-state index < -0.39 is 0 Å². The summed E-state index contributed by atoms with van der Waals surface area (Å²) in [5.74, 6) is 6.35. The molecule has 2 aromatic heterocycles. The van der Waals surface area contributed by atoms with Crippen LogP contribution in [0, 0.1) is 0 Å². The van der Waals surface area contributed by atoms with Crippen molar-refractivity contribution in [2.24, 2.45) is 5.84 Å². The van der Waals surface area contributed by atoms with Crippen LogP contribution < -0.4 is 16.0 Å². The van der Waals surface area contributed by atoms with Gasteiger partial charge in [-0.25, -0.2) is 10.8 Å². The van der Waals surface area contributed by atoms with Crippen molar-refractivity contribution in [3.8, 4) is 5.88 Å². The summed E-state index contributed by atoms with van der Waals surface area (Å²) in [7, 11) is 0. The zero-order valence-electron chi connectivity index (χ0n) is 11.1. The summed E-state index contributed by atoms with van der Waals surface area (Å²) in [4.78, 5) is 10.8. The minimum atomic E-state index is -0.304. The molecular formula is C12H18N4OS. The number of nitrogens with zero attached hydrogens (tertiary/aromatic N) is 2. The van der Waals surface area contributed by atoms with Gasteiger partial charge in [0.1, 0.15) is 10.4 Å². The maximum atomic E-state index is 5.88. The summed E-state index contributed by atoms with van der Waals surface area (Å²) >= 11 is 1.64. The first-order valence-electron chi connectivity index (χ1n) is 5.89. The van der Waals surface area contributed by atoms with Gasteiger partial charge in [0.25, 0.3) is 0 Å². The molecule has 0 aliphatic carbocycles. The molecule has 6 heteroatoms. The van der Waals surface area contributed by atoms with E-state index in [1.54, 1.807) is 11.3 Å². The van der Waals surface area contributed by atoms with Gasteiger partial charge in [-0.3, -0.25) is 5.43 Å². The van der Waals surface area contributed by atoms with E-state index >= 15 is 0 Å². The number of ether oxygens (including phenoxy) is 1. The van der Waals surface area contributed by atoms with Gasteiger partial charge in [-0.05, 0) is 33.3 Å². The number of nitrogens with one attached hydrogen (secondary N) is 1. The number of rotatable bonds is 3. The molecule has 0 bridgehead atoms. The summed E-state index contributed by atoms with van der Waals surface area (Å²) in [6.45, 7) is 8.08. The molecule has 0 atom stereocenters. The van der Waals surface area contributed by atoms with Gasteiger partial charge in [-0.2, -0.15) is 4.98 Å². The van der Waals surface area contributed by atoms with E-state index in [4.69, 9.17) is 10.6 Å². The van der Waals surface area contributed by atoms with Crippen LogP contribution in [0.1, 0.15) is 32.6 Å². The van der Waals surface area contributed by atoms with Crippen molar-refractivity contribution in [3.05, 3.63) is 10.9 Å². The number of hydrazine groups is 1. The number of aryl methyl sites for hydroxylation is 1. The van der Waals surface area contributed by atoms with Gasteiger partial charge in [0.05, 0.1) is 5.39 Å². The first kappa shape index (κ1) is 13.0. The smallest absolute Gasteiger partial charge is 0.241 e. The number of hydrogen-bond acceptors (Lipinski definition) is 6. The number of nitrogen functional groups attached to an aromatic ring is 1. The molecule has 0 saturated carbocycles. The first-order valence-corrected chi connectivity index (χ1v) is 6.70. The second-order valence-electron chi connectivity index (χ2n) is 5.00. The summed E-state index contributed by atoms with van der Waals surface area (Å²) < 4.78 is 5.88. The number of aromatic nitrogens is 2. The molecule has 0 fully saturated rings. The number of hydrogen-bond donors (Lipinski definition) is 2. The molecule has 0 aliphatic heterocycles. The highest BCUT2D eigenvalue weighted by Gasteiger charge is 2.18. The van der Waals surface area contributed by atoms with Crippen molar-refractivity contribution in [2.75, 3.05) is 5.43 Å². The lowest BCUT2D eigenvalue weighted by atomic mass is 10.2. The van der Waals surface area contributed by atoms with Crippen LogP contribution in [0.3, 0.4) is 0 Å². The largest absolute Gasteiger partial charge is 0.471 e. The van der Waals surface area contributed by atoms with Crippen LogP contribution in [-0.4, -0.2) is 15.6 Å². The molecule has 5 nitrogen and oxygen atoms in total. The number of nitrogens with two attached hydrogens (primary N) is 1. The van der Waals surface area contributed by atoms with E-state index in [2.05, 4.69) is 28.4 Å². The van der Waals surface area contributed by atoms with Crippen molar-refractivity contribution >= 4 is 27.5 Å². The molecule has 2 rings (SSSR count). The second kappa shape index (κ2) is 4.70. The van der Waals surface area contributed by atoms with Crippen LogP contribution in [0.25, 0.3) is 10.2 Å². The van der Waals surface area contributed by atoms with Crippen molar-refractivity contribution < 1.29 is 4.74 Å². The van der Waals surface area contributed by atoms with Crippen LogP contribution in [-0.2, 0) is 6.42 Å². The van der Waals surface area contributed by atoms with Crippen molar-refractivity contribution in [1.29, 1.82) is 0 Å². The van der Waals surface area contributed by atoms with Crippen molar-refractivity contribution in [1.82, 2.24) is 9.97 Å². The minimum absolute atomic E-state index is 0.304. The third-order valence-electron chi connectivity index (χ3n) is 2.29. The molecule has 0 saturated heterocycles. The van der Waals surface area contributed by atoms with Crippen LogP contribution >= 0.6 is 11.3 Å². The lowest BCUT2D eigenvalue weighted by Gasteiger charge is -2.20. The highest BCUT2D eigenvalue weighted by molar-refractivity contribution is 7.18. The summed E-state index contributed by atoms with van der Waals surface area (Å²) in [5, 5.41) is 0.950. The Balaban J connectivity index is 2.57. The molecule has 0 aliphatic rings. The quantitative estimate of drug-likeness (QED) is 0.660. The predicted molar refractivity (Wildman–Crippen MR) is 75.0 cm³/mol. The Hall–Kier alpha value is -1.40. The highest BCUT2D eigenvalue weighted by atomic mass is 32.1. The van der Waals surface area contributed by atoms with Crippen LogP contribution in [0.5, 0.6) is 5.88 Å². The van der Waals surface area contributed by atoms with E-state index in [9.17, 15) is 0 Å². The standard InChI is InChI=1S/C12H18N4OS/c1-5-7-6-8-9(17-12(2,3)4)14-11(16-13)15-10(8)18-7/h6H,5,13H2,1-4H3,(H,14,15,16). The normalized spacial score (nSPS) is 11.8. The van der Waals surface area contributed by atoms with E-state index in [0.717, 1.165) is 16.6 Å². The second-order valence-corrected chi connectivity index (χ2v) is 6.11. The average Bonchev–Trinajstić information content (AvgIpc) is 2.70. The zero-order chi connectivity index (χ0) is 13.3. The van der Waals surface area contributed by atoms with Crippen molar-refractivity contribution in [2.45, 2.75) is 39.7 Å². The SMILES string of the molecule is CCc1cc2c(OC(C)(C)C)nc(NN)nc2s1. The fourth-order valence-corrected chi connectivity index (χ4v) is 2.51. The predicted octanol–water partition coefficient (Wildman–Crippen LogP) is 2.72. The number of thiophene rings is 1. The van der Waals surface area contributed by atoms with E-state index in [-0.39, 0.29) is 5.60 Å². The molecule has 0 radical (unpaired) electrons. The molecule has 0 aromatic carbocycles. The molecule has 0 spiro atoms. The summed E-state index contributed by atoms with van der Waals surface area (Å²) in [5.41, 5.74) is 2.17. The lowest BCUT2D eigenvalue weighted by molar-refractivity contribution is 0.126.